The third-order valence-electron chi connectivity index (χ3n) is 2.87. The van der Waals surface area contributed by atoms with Gasteiger partial charge >= 0.3 is 0 Å². The molecule has 0 bridgehead atoms. The molecule has 98 valence electrons. The fourth-order valence-corrected chi connectivity index (χ4v) is 1.88. The minimum atomic E-state index is 0.462. The second-order valence-corrected chi connectivity index (χ2v) is 4.50. The van der Waals surface area contributed by atoms with Crippen LogP contribution in [-0.2, 0) is 19.5 Å². The molecule has 1 heterocycles. The third kappa shape index (κ3) is 3.85. The maximum Gasteiger partial charge on any atom is 0.0669 e. The number of nitrogens with one attached hydrogen (secondary N) is 1. The van der Waals surface area contributed by atoms with Crippen molar-refractivity contribution in [3.05, 3.63) is 47.8 Å². The summed E-state index contributed by atoms with van der Waals surface area (Å²) in [6, 6.07) is 10.1. The molecule has 1 aromatic heterocycles. The summed E-state index contributed by atoms with van der Waals surface area (Å²) in [7, 11) is 0. The van der Waals surface area contributed by atoms with Gasteiger partial charge in [0.15, 0.2) is 0 Å². The SMILES string of the molecule is CCCn1cc(CNc2ccc(CC#N)cc2)cn1. The van der Waals surface area contributed by atoms with Gasteiger partial charge in [-0.05, 0) is 24.1 Å². The average molecular weight is 254 g/mol. The molecule has 0 aliphatic heterocycles. The summed E-state index contributed by atoms with van der Waals surface area (Å²) in [4.78, 5) is 0. The highest BCUT2D eigenvalue weighted by atomic mass is 15.3. The van der Waals surface area contributed by atoms with Gasteiger partial charge in [0, 0.05) is 30.5 Å². The summed E-state index contributed by atoms with van der Waals surface area (Å²) in [6.45, 7) is 3.87. The van der Waals surface area contributed by atoms with E-state index in [1.54, 1.807) is 0 Å². The Hall–Kier alpha value is -2.28. The molecule has 0 amide bonds. The van der Waals surface area contributed by atoms with Crippen LogP contribution in [0.1, 0.15) is 24.5 Å². The van der Waals surface area contributed by atoms with Gasteiger partial charge in [-0.15, -0.1) is 0 Å². The molecule has 0 atom stereocenters. The first-order valence-electron chi connectivity index (χ1n) is 6.53. The van der Waals surface area contributed by atoms with Gasteiger partial charge in [-0.1, -0.05) is 19.1 Å². The average Bonchev–Trinajstić information content (AvgIpc) is 2.87. The number of anilines is 1. The van der Waals surface area contributed by atoms with E-state index >= 15 is 0 Å². The van der Waals surface area contributed by atoms with Crippen molar-refractivity contribution in [2.24, 2.45) is 0 Å². The number of hydrogen-bond donors (Lipinski definition) is 1. The Labute approximate surface area is 113 Å². The summed E-state index contributed by atoms with van der Waals surface area (Å²) in [6.07, 6.45) is 5.52. The van der Waals surface area contributed by atoms with Crippen LogP contribution in [0, 0.1) is 11.3 Å². The highest BCUT2D eigenvalue weighted by molar-refractivity contribution is 5.45. The highest BCUT2D eigenvalue weighted by Crippen LogP contribution is 2.11. The Morgan fingerprint density at radius 2 is 2.05 bits per heavy atom. The minimum absolute atomic E-state index is 0.462. The van der Waals surface area contributed by atoms with Crippen molar-refractivity contribution in [1.29, 1.82) is 5.26 Å². The lowest BCUT2D eigenvalue weighted by Crippen LogP contribution is -1.99. The second kappa shape index (κ2) is 6.60. The molecule has 0 unspecified atom stereocenters. The van der Waals surface area contributed by atoms with E-state index in [0.29, 0.717) is 6.42 Å². The number of benzene rings is 1. The molecule has 2 rings (SSSR count). The van der Waals surface area contributed by atoms with Crippen LogP contribution in [0.25, 0.3) is 0 Å². The lowest BCUT2D eigenvalue weighted by molar-refractivity contribution is 0.602. The number of nitrogens with zero attached hydrogens (tertiary/aromatic N) is 3. The van der Waals surface area contributed by atoms with Crippen LogP contribution in [0.15, 0.2) is 36.7 Å². The fourth-order valence-electron chi connectivity index (χ4n) is 1.88. The number of hydrogen-bond acceptors (Lipinski definition) is 3. The Morgan fingerprint density at radius 3 is 2.74 bits per heavy atom. The van der Waals surface area contributed by atoms with Crippen molar-refractivity contribution in [3.8, 4) is 6.07 Å². The predicted molar refractivity (Wildman–Crippen MR) is 75.6 cm³/mol. The van der Waals surface area contributed by atoms with Gasteiger partial charge in [0.05, 0.1) is 18.7 Å². The summed E-state index contributed by atoms with van der Waals surface area (Å²) in [5.41, 5.74) is 3.28. The minimum Gasteiger partial charge on any atom is -0.381 e. The van der Waals surface area contributed by atoms with Gasteiger partial charge in [-0.25, -0.2) is 0 Å². The van der Waals surface area contributed by atoms with Gasteiger partial charge in [0.1, 0.15) is 0 Å². The Kier molecular flexibility index (Phi) is 4.57. The van der Waals surface area contributed by atoms with Crippen LogP contribution in [0.3, 0.4) is 0 Å². The van der Waals surface area contributed by atoms with Crippen LogP contribution in [0.5, 0.6) is 0 Å². The normalized spacial score (nSPS) is 10.1. The smallest absolute Gasteiger partial charge is 0.0669 e. The first kappa shape index (κ1) is 13.2. The van der Waals surface area contributed by atoms with Crippen molar-refractivity contribution in [2.75, 3.05) is 5.32 Å². The molecule has 0 saturated carbocycles. The van der Waals surface area contributed by atoms with E-state index in [1.165, 1.54) is 5.56 Å². The quantitative estimate of drug-likeness (QED) is 0.862. The molecule has 0 radical (unpaired) electrons. The molecule has 19 heavy (non-hydrogen) atoms. The first-order chi connectivity index (χ1) is 9.31. The van der Waals surface area contributed by atoms with Crippen LogP contribution >= 0.6 is 0 Å². The molecule has 0 spiro atoms. The lowest BCUT2D eigenvalue weighted by Gasteiger charge is -2.05. The van der Waals surface area contributed by atoms with Gasteiger partial charge in [0.2, 0.25) is 0 Å². The zero-order valence-corrected chi connectivity index (χ0v) is 11.1. The Balaban J connectivity index is 1.89. The van der Waals surface area contributed by atoms with Gasteiger partial charge in [0.25, 0.3) is 0 Å². The number of aromatic nitrogens is 2. The molecular formula is C15H18N4. The van der Waals surface area contributed by atoms with Crippen molar-refractivity contribution < 1.29 is 0 Å². The monoisotopic (exact) mass is 254 g/mol. The molecule has 0 fully saturated rings. The summed E-state index contributed by atoms with van der Waals surface area (Å²) >= 11 is 0. The van der Waals surface area contributed by atoms with Crippen molar-refractivity contribution >= 4 is 5.69 Å². The first-order valence-corrected chi connectivity index (χ1v) is 6.53. The van der Waals surface area contributed by atoms with Crippen molar-refractivity contribution in [1.82, 2.24) is 9.78 Å². The van der Waals surface area contributed by atoms with Gasteiger partial charge in [-0.2, -0.15) is 10.4 Å². The van der Waals surface area contributed by atoms with E-state index in [-0.39, 0.29) is 0 Å². The summed E-state index contributed by atoms with van der Waals surface area (Å²) < 4.78 is 1.97. The second-order valence-electron chi connectivity index (χ2n) is 4.50. The third-order valence-corrected chi connectivity index (χ3v) is 2.87. The highest BCUT2D eigenvalue weighted by Gasteiger charge is 1.99. The molecular weight excluding hydrogens is 236 g/mol. The molecule has 4 heteroatoms. The molecule has 0 aliphatic rings. The zero-order valence-electron chi connectivity index (χ0n) is 11.1. The lowest BCUT2D eigenvalue weighted by atomic mass is 10.1. The van der Waals surface area contributed by atoms with E-state index in [4.69, 9.17) is 5.26 Å². The van der Waals surface area contributed by atoms with E-state index < -0.39 is 0 Å². The molecule has 0 saturated heterocycles. The topological polar surface area (TPSA) is 53.6 Å². The number of rotatable bonds is 6. The van der Waals surface area contributed by atoms with Gasteiger partial charge < -0.3 is 5.32 Å². The van der Waals surface area contributed by atoms with E-state index in [1.807, 2.05) is 35.1 Å². The predicted octanol–water partition coefficient (Wildman–Crippen LogP) is 2.97. The van der Waals surface area contributed by atoms with Crippen molar-refractivity contribution in [3.63, 3.8) is 0 Å². The molecule has 1 aromatic carbocycles. The van der Waals surface area contributed by atoms with Gasteiger partial charge in [-0.3, -0.25) is 4.68 Å². The van der Waals surface area contributed by atoms with Crippen LogP contribution in [0.2, 0.25) is 0 Å². The maximum absolute atomic E-state index is 8.61. The molecule has 1 N–H and O–H groups in total. The van der Waals surface area contributed by atoms with E-state index in [9.17, 15) is 0 Å². The Morgan fingerprint density at radius 1 is 1.26 bits per heavy atom. The zero-order chi connectivity index (χ0) is 13.5. The largest absolute Gasteiger partial charge is 0.381 e. The Bertz CT molecular complexity index is 548. The number of nitriles is 1. The molecule has 2 aromatic rings. The van der Waals surface area contributed by atoms with E-state index in [0.717, 1.165) is 30.8 Å². The maximum atomic E-state index is 8.61. The van der Waals surface area contributed by atoms with Crippen LogP contribution in [-0.4, -0.2) is 9.78 Å². The molecule has 0 aliphatic carbocycles. The fraction of sp³-hybridized carbons (Fsp3) is 0.333. The van der Waals surface area contributed by atoms with E-state index in [2.05, 4.69) is 29.6 Å². The van der Waals surface area contributed by atoms with Crippen LogP contribution in [0.4, 0.5) is 5.69 Å². The number of aryl methyl sites for hydroxylation is 1. The van der Waals surface area contributed by atoms with Crippen LogP contribution < -0.4 is 5.32 Å². The van der Waals surface area contributed by atoms with Crippen molar-refractivity contribution in [2.45, 2.75) is 32.9 Å². The standard InChI is InChI=1S/C15H18N4/c1-2-9-19-12-14(11-18-19)10-17-15-5-3-13(4-6-15)7-8-16/h3-6,11-12,17H,2,7,9-10H2,1H3. The summed E-state index contributed by atoms with van der Waals surface area (Å²) in [5.74, 6) is 0. The summed E-state index contributed by atoms with van der Waals surface area (Å²) in [5, 5.41) is 16.3. The molecule has 4 nitrogen and oxygen atoms in total.